The van der Waals surface area contributed by atoms with Gasteiger partial charge in [0.2, 0.25) is 6.20 Å². The molecule has 0 amide bonds. The highest BCUT2D eigenvalue weighted by molar-refractivity contribution is 5.80. The maximum absolute atomic E-state index is 11.2. The predicted molar refractivity (Wildman–Crippen MR) is 49.1 cm³/mol. The first-order valence-corrected chi connectivity index (χ1v) is 4.24. The van der Waals surface area contributed by atoms with Crippen molar-refractivity contribution in [1.82, 2.24) is 10.2 Å². The Bertz CT molecular complexity index is 433. The lowest BCUT2D eigenvalue weighted by Crippen LogP contribution is -2.25. The summed E-state index contributed by atoms with van der Waals surface area (Å²) in [6.45, 7) is 4.11. The van der Waals surface area contributed by atoms with Crippen LogP contribution in [0.2, 0.25) is 0 Å². The number of aromatic amines is 1. The molecule has 2 heterocycles. The highest BCUT2D eigenvalue weighted by atomic mass is 16.5. The first-order chi connectivity index (χ1) is 6.18. The molecule has 0 aliphatic carbocycles. The second kappa shape index (κ2) is 2.73. The topological polar surface area (TPSA) is 55.6 Å². The fourth-order valence-corrected chi connectivity index (χ4v) is 1.46. The summed E-state index contributed by atoms with van der Waals surface area (Å²) in [7, 11) is 0. The van der Waals surface area contributed by atoms with Gasteiger partial charge >= 0.3 is 0 Å². The minimum atomic E-state index is 0.335. The average molecular weight is 177 g/mol. The lowest BCUT2D eigenvalue weighted by molar-refractivity contribution is -0.604. The minimum absolute atomic E-state index is 0.335. The summed E-state index contributed by atoms with van der Waals surface area (Å²) in [5.41, 5.74) is 1.82. The molecule has 0 aromatic carbocycles. The van der Waals surface area contributed by atoms with Crippen LogP contribution in [0.5, 0.6) is 0 Å². The van der Waals surface area contributed by atoms with Crippen LogP contribution in [0.1, 0.15) is 25.3 Å². The third-order valence-electron chi connectivity index (χ3n) is 2.12. The van der Waals surface area contributed by atoms with Gasteiger partial charge in [0.25, 0.3) is 0 Å². The van der Waals surface area contributed by atoms with Crippen LogP contribution in [-0.2, 0) is 0 Å². The fourth-order valence-electron chi connectivity index (χ4n) is 1.46. The normalized spacial score (nSPS) is 11.3. The predicted octanol–water partition coefficient (Wildman–Crippen LogP) is 1.32. The van der Waals surface area contributed by atoms with Crippen molar-refractivity contribution in [3.63, 3.8) is 0 Å². The average Bonchev–Trinajstić information content (AvgIpc) is 2.49. The second-order valence-corrected chi connectivity index (χ2v) is 3.43. The van der Waals surface area contributed by atoms with Gasteiger partial charge in [0.15, 0.2) is 6.20 Å². The Morgan fingerprint density at radius 1 is 1.46 bits per heavy atom. The maximum Gasteiger partial charge on any atom is 0.206 e. The zero-order valence-electron chi connectivity index (χ0n) is 7.61. The number of rotatable bonds is 1. The van der Waals surface area contributed by atoms with Crippen LogP contribution < -0.4 is 4.73 Å². The van der Waals surface area contributed by atoms with E-state index in [1.54, 1.807) is 12.4 Å². The van der Waals surface area contributed by atoms with E-state index in [0.29, 0.717) is 5.92 Å². The number of H-pyrrole nitrogens is 1. The molecule has 0 radical (unpaired) electrons. The van der Waals surface area contributed by atoms with E-state index in [1.807, 2.05) is 0 Å². The van der Waals surface area contributed by atoms with Gasteiger partial charge < -0.3 is 5.21 Å². The number of hydrogen-bond acceptors (Lipinski definition) is 2. The molecule has 1 N–H and O–H groups in total. The van der Waals surface area contributed by atoms with Gasteiger partial charge in [0.1, 0.15) is 5.52 Å². The molecular weight excluding hydrogens is 166 g/mol. The van der Waals surface area contributed by atoms with E-state index in [-0.39, 0.29) is 0 Å². The van der Waals surface area contributed by atoms with Crippen LogP contribution in [0.25, 0.3) is 10.9 Å². The van der Waals surface area contributed by atoms with Gasteiger partial charge in [-0.15, -0.1) is 0 Å². The summed E-state index contributed by atoms with van der Waals surface area (Å²) in [5, 5.41) is 18.9. The number of pyridine rings is 1. The molecule has 0 aliphatic heterocycles. The SMILES string of the molecule is CC(C)c1c[n+]([O-])cc2[nH]ncc12. The van der Waals surface area contributed by atoms with Crippen molar-refractivity contribution in [3.8, 4) is 0 Å². The van der Waals surface area contributed by atoms with E-state index in [9.17, 15) is 5.21 Å². The number of nitrogens with zero attached hydrogens (tertiary/aromatic N) is 2. The van der Waals surface area contributed by atoms with Crippen molar-refractivity contribution >= 4 is 10.9 Å². The first-order valence-electron chi connectivity index (χ1n) is 4.24. The van der Waals surface area contributed by atoms with Gasteiger partial charge in [-0.3, -0.25) is 5.10 Å². The largest absolute Gasteiger partial charge is 0.619 e. The third kappa shape index (κ3) is 1.24. The molecule has 4 heteroatoms. The molecule has 0 atom stereocenters. The minimum Gasteiger partial charge on any atom is -0.619 e. The zero-order chi connectivity index (χ0) is 9.42. The van der Waals surface area contributed by atoms with Gasteiger partial charge in [0.05, 0.1) is 6.20 Å². The fraction of sp³-hybridized carbons (Fsp3) is 0.333. The molecule has 0 spiro atoms. The van der Waals surface area contributed by atoms with Crippen molar-refractivity contribution in [2.24, 2.45) is 0 Å². The molecule has 0 saturated heterocycles. The van der Waals surface area contributed by atoms with Gasteiger partial charge in [0, 0.05) is 10.9 Å². The van der Waals surface area contributed by atoms with Gasteiger partial charge in [-0.05, 0) is 5.92 Å². The second-order valence-electron chi connectivity index (χ2n) is 3.43. The van der Waals surface area contributed by atoms with Crippen molar-refractivity contribution in [3.05, 3.63) is 29.4 Å². The number of fused-ring (bicyclic) bond motifs is 1. The molecule has 13 heavy (non-hydrogen) atoms. The Kier molecular flexibility index (Phi) is 1.69. The Balaban J connectivity index is 2.77. The van der Waals surface area contributed by atoms with Crippen LogP contribution >= 0.6 is 0 Å². The summed E-state index contributed by atoms with van der Waals surface area (Å²) in [6.07, 6.45) is 4.85. The molecule has 4 nitrogen and oxygen atoms in total. The van der Waals surface area contributed by atoms with Gasteiger partial charge in [-0.2, -0.15) is 9.83 Å². The molecule has 2 aromatic rings. The lowest BCUT2D eigenvalue weighted by Gasteiger charge is -2.05. The van der Waals surface area contributed by atoms with Crippen molar-refractivity contribution in [2.75, 3.05) is 0 Å². The summed E-state index contributed by atoms with van der Waals surface area (Å²) < 4.78 is 0.815. The quantitative estimate of drug-likeness (QED) is 0.527. The Morgan fingerprint density at radius 2 is 2.23 bits per heavy atom. The smallest absolute Gasteiger partial charge is 0.206 e. The molecule has 0 aliphatic rings. The monoisotopic (exact) mass is 177 g/mol. The highest BCUT2D eigenvalue weighted by Crippen LogP contribution is 2.21. The molecule has 0 saturated carbocycles. The van der Waals surface area contributed by atoms with E-state index in [2.05, 4.69) is 24.0 Å². The summed E-state index contributed by atoms with van der Waals surface area (Å²) in [4.78, 5) is 0. The van der Waals surface area contributed by atoms with Gasteiger partial charge in [-0.1, -0.05) is 13.8 Å². The summed E-state index contributed by atoms with van der Waals surface area (Å²) in [6, 6.07) is 0. The van der Waals surface area contributed by atoms with Crippen LogP contribution in [0, 0.1) is 5.21 Å². The number of nitrogens with one attached hydrogen (secondary N) is 1. The standard InChI is InChI=1S/C9H11N3O/c1-6(2)8-4-12(13)5-9-7(8)3-10-11-9/h3-6H,1-2H3,(H,10,11). The van der Waals surface area contributed by atoms with E-state index in [4.69, 9.17) is 0 Å². The van der Waals surface area contributed by atoms with Crippen molar-refractivity contribution in [2.45, 2.75) is 19.8 Å². The first kappa shape index (κ1) is 8.04. The van der Waals surface area contributed by atoms with Crippen molar-refractivity contribution in [1.29, 1.82) is 0 Å². The highest BCUT2D eigenvalue weighted by Gasteiger charge is 2.11. The molecule has 0 unspecified atom stereocenters. The molecule has 0 fully saturated rings. The molecule has 68 valence electrons. The summed E-state index contributed by atoms with van der Waals surface area (Å²) >= 11 is 0. The number of aromatic nitrogens is 3. The number of hydrogen-bond donors (Lipinski definition) is 1. The lowest BCUT2D eigenvalue weighted by atomic mass is 10.0. The molecule has 2 aromatic heterocycles. The third-order valence-corrected chi connectivity index (χ3v) is 2.12. The van der Waals surface area contributed by atoms with Crippen molar-refractivity contribution < 1.29 is 4.73 Å². The van der Waals surface area contributed by atoms with Gasteiger partial charge in [-0.25, -0.2) is 0 Å². The summed E-state index contributed by atoms with van der Waals surface area (Å²) in [5.74, 6) is 0.335. The van der Waals surface area contributed by atoms with E-state index < -0.39 is 0 Å². The molecule has 0 bridgehead atoms. The zero-order valence-corrected chi connectivity index (χ0v) is 7.61. The van der Waals surface area contributed by atoms with Crippen LogP contribution in [-0.4, -0.2) is 10.2 Å². The van der Waals surface area contributed by atoms with Crippen LogP contribution in [0.3, 0.4) is 0 Å². The Morgan fingerprint density at radius 3 is 2.92 bits per heavy atom. The van der Waals surface area contributed by atoms with E-state index >= 15 is 0 Å². The Labute approximate surface area is 75.8 Å². The molecule has 2 rings (SSSR count). The Hall–Kier alpha value is -1.58. The van der Waals surface area contributed by atoms with E-state index in [0.717, 1.165) is 21.2 Å². The molecular formula is C9H11N3O. The van der Waals surface area contributed by atoms with E-state index in [1.165, 1.54) is 6.20 Å². The maximum atomic E-state index is 11.2. The van der Waals surface area contributed by atoms with Crippen LogP contribution in [0.15, 0.2) is 18.6 Å². The van der Waals surface area contributed by atoms with Crippen LogP contribution in [0.4, 0.5) is 0 Å².